The van der Waals surface area contributed by atoms with Crippen LogP contribution in [-0.4, -0.2) is 39.6 Å². The third-order valence-electron chi connectivity index (χ3n) is 3.89. The number of primary sulfonamides is 1. The highest BCUT2D eigenvalue weighted by Gasteiger charge is 2.18. The molecule has 2 N–H and O–H groups in total. The number of aromatic nitrogens is 1. The molecule has 0 saturated carbocycles. The summed E-state index contributed by atoms with van der Waals surface area (Å²) in [5.41, 5.74) is 2.05. The van der Waals surface area contributed by atoms with E-state index >= 15 is 0 Å². The third kappa shape index (κ3) is 3.74. The van der Waals surface area contributed by atoms with Crippen LogP contribution >= 0.6 is 11.6 Å². The zero-order valence-corrected chi connectivity index (χ0v) is 14.0. The minimum absolute atomic E-state index is 0.131. The Morgan fingerprint density at radius 2 is 1.52 bits per heavy atom. The van der Waals surface area contributed by atoms with E-state index in [0.717, 1.165) is 37.6 Å². The summed E-state index contributed by atoms with van der Waals surface area (Å²) in [6, 6.07) is 10.5. The van der Waals surface area contributed by atoms with Gasteiger partial charge in [0.1, 0.15) is 5.15 Å². The molecule has 1 saturated heterocycles. The molecule has 2 heterocycles. The lowest BCUT2D eigenvalue weighted by Crippen LogP contribution is -2.46. The van der Waals surface area contributed by atoms with Gasteiger partial charge in [-0.1, -0.05) is 11.6 Å². The quantitative estimate of drug-likeness (QED) is 0.851. The Bertz CT molecular complexity index is 787. The monoisotopic (exact) mass is 352 g/mol. The summed E-state index contributed by atoms with van der Waals surface area (Å²) < 4.78 is 22.6. The molecule has 0 bridgehead atoms. The Morgan fingerprint density at radius 1 is 0.957 bits per heavy atom. The van der Waals surface area contributed by atoms with E-state index in [1.54, 1.807) is 30.5 Å². The number of sulfonamides is 1. The van der Waals surface area contributed by atoms with Crippen LogP contribution in [0, 0.1) is 0 Å². The average Bonchev–Trinajstić information content (AvgIpc) is 2.54. The standard InChI is InChI=1S/C15H17ClN4O2S/c16-15-11-13(5-6-18-15)20-9-7-19(8-10-20)12-1-3-14(4-2-12)23(17,21)22/h1-6,11H,7-10H2,(H2,17,21,22). The fourth-order valence-corrected chi connectivity index (χ4v) is 3.34. The zero-order chi connectivity index (χ0) is 16.4. The van der Waals surface area contributed by atoms with Crippen molar-refractivity contribution in [2.45, 2.75) is 4.90 Å². The van der Waals surface area contributed by atoms with E-state index < -0.39 is 10.0 Å². The van der Waals surface area contributed by atoms with Gasteiger partial charge in [-0.2, -0.15) is 0 Å². The zero-order valence-electron chi connectivity index (χ0n) is 12.4. The highest BCUT2D eigenvalue weighted by molar-refractivity contribution is 7.89. The van der Waals surface area contributed by atoms with Crippen molar-refractivity contribution in [3.8, 4) is 0 Å². The topological polar surface area (TPSA) is 79.5 Å². The van der Waals surface area contributed by atoms with Gasteiger partial charge in [0.15, 0.2) is 0 Å². The first-order valence-electron chi connectivity index (χ1n) is 7.18. The molecule has 0 amide bonds. The second kappa shape index (κ2) is 6.35. The average molecular weight is 353 g/mol. The fourth-order valence-electron chi connectivity index (χ4n) is 2.66. The van der Waals surface area contributed by atoms with Gasteiger partial charge in [0.25, 0.3) is 0 Å². The van der Waals surface area contributed by atoms with Crippen molar-refractivity contribution < 1.29 is 8.42 Å². The van der Waals surface area contributed by atoms with Crippen molar-refractivity contribution >= 4 is 33.0 Å². The molecular formula is C15H17ClN4O2S. The van der Waals surface area contributed by atoms with Crippen molar-refractivity contribution in [3.05, 3.63) is 47.7 Å². The van der Waals surface area contributed by atoms with Gasteiger partial charge in [0.05, 0.1) is 4.90 Å². The molecule has 2 aromatic rings. The fraction of sp³-hybridized carbons (Fsp3) is 0.267. The molecule has 1 aliphatic heterocycles. The van der Waals surface area contributed by atoms with E-state index in [0.29, 0.717) is 5.15 Å². The maximum absolute atomic E-state index is 11.3. The van der Waals surface area contributed by atoms with Crippen LogP contribution in [0.3, 0.4) is 0 Å². The molecule has 0 aliphatic carbocycles. The Balaban J connectivity index is 1.67. The van der Waals surface area contributed by atoms with Crippen molar-refractivity contribution in [3.63, 3.8) is 0 Å². The molecule has 1 aliphatic rings. The summed E-state index contributed by atoms with van der Waals surface area (Å²) in [6.07, 6.45) is 1.70. The van der Waals surface area contributed by atoms with Crippen LogP contribution in [0.25, 0.3) is 0 Å². The summed E-state index contributed by atoms with van der Waals surface area (Å²) in [4.78, 5) is 8.59. The van der Waals surface area contributed by atoms with E-state index in [1.807, 2.05) is 12.1 Å². The first-order chi connectivity index (χ1) is 10.9. The molecule has 0 spiro atoms. The molecule has 1 fully saturated rings. The van der Waals surface area contributed by atoms with Crippen molar-refractivity contribution in [1.29, 1.82) is 0 Å². The second-order valence-electron chi connectivity index (χ2n) is 5.35. The molecule has 1 aromatic carbocycles. The molecule has 0 radical (unpaired) electrons. The minimum atomic E-state index is -3.64. The van der Waals surface area contributed by atoms with Crippen LogP contribution in [-0.2, 0) is 10.0 Å². The van der Waals surface area contributed by atoms with Crippen LogP contribution in [0.4, 0.5) is 11.4 Å². The number of rotatable bonds is 3. The summed E-state index contributed by atoms with van der Waals surface area (Å²) in [7, 11) is -3.64. The largest absolute Gasteiger partial charge is 0.368 e. The van der Waals surface area contributed by atoms with Crippen molar-refractivity contribution in [1.82, 2.24) is 4.98 Å². The molecule has 3 rings (SSSR count). The first kappa shape index (κ1) is 16.0. The maximum atomic E-state index is 11.3. The van der Waals surface area contributed by atoms with E-state index in [9.17, 15) is 8.42 Å². The number of nitrogens with zero attached hydrogens (tertiary/aromatic N) is 3. The lowest BCUT2D eigenvalue weighted by Gasteiger charge is -2.37. The molecule has 1 aromatic heterocycles. The highest BCUT2D eigenvalue weighted by Crippen LogP contribution is 2.22. The molecule has 23 heavy (non-hydrogen) atoms. The van der Waals surface area contributed by atoms with Crippen LogP contribution in [0.1, 0.15) is 0 Å². The lowest BCUT2D eigenvalue weighted by molar-refractivity contribution is 0.597. The molecule has 0 unspecified atom stereocenters. The van der Waals surface area contributed by atoms with Crippen LogP contribution < -0.4 is 14.9 Å². The Morgan fingerprint density at radius 3 is 2.04 bits per heavy atom. The number of benzene rings is 1. The van der Waals surface area contributed by atoms with Crippen LogP contribution in [0.5, 0.6) is 0 Å². The predicted octanol–water partition coefficient (Wildman–Crippen LogP) is 1.71. The van der Waals surface area contributed by atoms with E-state index in [2.05, 4.69) is 14.8 Å². The van der Waals surface area contributed by atoms with Gasteiger partial charge in [-0.15, -0.1) is 0 Å². The summed E-state index contributed by atoms with van der Waals surface area (Å²) in [6.45, 7) is 3.40. The Kier molecular flexibility index (Phi) is 4.43. The van der Waals surface area contributed by atoms with Gasteiger partial charge in [-0.05, 0) is 36.4 Å². The summed E-state index contributed by atoms with van der Waals surface area (Å²) >= 11 is 5.93. The predicted molar refractivity (Wildman–Crippen MR) is 91.5 cm³/mol. The van der Waals surface area contributed by atoms with E-state index in [-0.39, 0.29) is 4.90 Å². The van der Waals surface area contributed by atoms with Crippen molar-refractivity contribution in [2.75, 3.05) is 36.0 Å². The van der Waals surface area contributed by atoms with E-state index in [4.69, 9.17) is 16.7 Å². The number of nitrogens with two attached hydrogens (primary N) is 1. The number of piperazine rings is 1. The van der Waals surface area contributed by atoms with E-state index in [1.165, 1.54) is 0 Å². The summed E-state index contributed by atoms with van der Waals surface area (Å²) in [5.74, 6) is 0. The van der Waals surface area contributed by atoms with Gasteiger partial charge in [-0.25, -0.2) is 18.5 Å². The van der Waals surface area contributed by atoms with Gasteiger partial charge >= 0.3 is 0 Å². The number of anilines is 2. The Hall–Kier alpha value is -1.83. The van der Waals surface area contributed by atoms with Crippen molar-refractivity contribution in [2.24, 2.45) is 5.14 Å². The SMILES string of the molecule is NS(=O)(=O)c1ccc(N2CCN(c3ccnc(Cl)c3)CC2)cc1. The summed E-state index contributed by atoms with van der Waals surface area (Å²) in [5, 5.41) is 5.61. The Labute approximate surface area is 140 Å². The normalized spacial score (nSPS) is 15.7. The van der Waals surface area contributed by atoms with Gasteiger partial charge in [-0.3, -0.25) is 0 Å². The van der Waals surface area contributed by atoms with Crippen LogP contribution in [0.2, 0.25) is 5.15 Å². The third-order valence-corrected chi connectivity index (χ3v) is 5.02. The smallest absolute Gasteiger partial charge is 0.238 e. The maximum Gasteiger partial charge on any atom is 0.238 e. The molecule has 0 atom stereocenters. The molecule has 8 heteroatoms. The van der Waals surface area contributed by atoms with Crippen LogP contribution in [0.15, 0.2) is 47.5 Å². The number of pyridine rings is 1. The molecule has 122 valence electrons. The molecular weight excluding hydrogens is 336 g/mol. The molecule has 6 nitrogen and oxygen atoms in total. The van der Waals surface area contributed by atoms with Gasteiger partial charge < -0.3 is 9.80 Å². The second-order valence-corrected chi connectivity index (χ2v) is 7.30. The first-order valence-corrected chi connectivity index (χ1v) is 9.10. The lowest BCUT2D eigenvalue weighted by atomic mass is 10.2. The van der Waals surface area contributed by atoms with Gasteiger partial charge in [0, 0.05) is 43.8 Å². The number of hydrogen-bond donors (Lipinski definition) is 1. The highest BCUT2D eigenvalue weighted by atomic mass is 35.5. The number of halogens is 1. The minimum Gasteiger partial charge on any atom is -0.368 e. The number of hydrogen-bond acceptors (Lipinski definition) is 5. The van der Waals surface area contributed by atoms with Gasteiger partial charge in [0.2, 0.25) is 10.0 Å².